The molecule has 0 aliphatic rings. The second kappa shape index (κ2) is 7.00. The Morgan fingerprint density at radius 2 is 2.00 bits per heavy atom. The van der Waals surface area contributed by atoms with Gasteiger partial charge in [-0.25, -0.2) is 17.9 Å². The molecule has 0 saturated carbocycles. The van der Waals surface area contributed by atoms with Crippen LogP contribution in [0.4, 0.5) is 0 Å². The Hall–Kier alpha value is -2.42. The zero-order valence-corrected chi connectivity index (χ0v) is 14.2. The van der Waals surface area contributed by atoms with Gasteiger partial charge < -0.3 is 5.73 Å². The van der Waals surface area contributed by atoms with Crippen molar-refractivity contribution < 1.29 is 18.4 Å². The summed E-state index contributed by atoms with van der Waals surface area (Å²) in [6.45, 7) is 3.93. The first-order valence-corrected chi connectivity index (χ1v) is 8.60. The van der Waals surface area contributed by atoms with Gasteiger partial charge in [-0.15, -0.1) is 0 Å². The number of nitrogens with one attached hydrogen (secondary N) is 1. The highest BCUT2D eigenvalue weighted by atomic mass is 32.2. The highest BCUT2D eigenvalue weighted by Crippen LogP contribution is 2.24. The van der Waals surface area contributed by atoms with Crippen LogP contribution in [-0.4, -0.2) is 23.5 Å². The van der Waals surface area contributed by atoms with Crippen molar-refractivity contribution in [3.63, 3.8) is 0 Å². The monoisotopic (exact) mass is 349 g/mol. The molecule has 7 nitrogen and oxygen atoms in total. The van der Waals surface area contributed by atoms with Crippen molar-refractivity contribution in [2.45, 2.75) is 25.3 Å². The fourth-order valence-electron chi connectivity index (χ4n) is 2.32. The molecule has 1 heterocycles. The van der Waals surface area contributed by atoms with Crippen LogP contribution >= 0.6 is 0 Å². The molecule has 0 aliphatic carbocycles. The van der Waals surface area contributed by atoms with E-state index >= 15 is 0 Å². The standard InChI is InChI=1S/C16H19N3O4S/c1-11-12(2)15(5-4-14(11)9-17)24(22,23)19-8-7-13(10-19)3-6-16(20)18-21/h3-8,10,21H,9,17H2,1-2H3,(H,18,20). The van der Waals surface area contributed by atoms with E-state index in [9.17, 15) is 13.2 Å². The molecule has 0 aliphatic heterocycles. The van der Waals surface area contributed by atoms with Crippen molar-refractivity contribution >= 4 is 22.0 Å². The molecule has 0 unspecified atom stereocenters. The predicted octanol–water partition coefficient (Wildman–Crippen LogP) is 1.32. The summed E-state index contributed by atoms with van der Waals surface area (Å²) in [6, 6.07) is 4.81. The third-order valence-corrected chi connectivity index (χ3v) is 5.63. The Kier molecular flexibility index (Phi) is 5.23. The Morgan fingerprint density at radius 3 is 2.62 bits per heavy atom. The minimum Gasteiger partial charge on any atom is -0.326 e. The Labute approximate surface area is 140 Å². The highest BCUT2D eigenvalue weighted by Gasteiger charge is 2.20. The number of nitrogens with zero attached hydrogens (tertiary/aromatic N) is 1. The number of nitrogens with two attached hydrogens (primary N) is 1. The molecule has 0 bridgehead atoms. The first kappa shape index (κ1) is 17.9. The van der Waals surface area contributed by atoms with Crippen LogP contribution in [0.15, 0.2) is 41.6 Å². The maximum Gasteiger partial charge on any atom is 0.267 e. The lowest BCUT2D eigenvalue weighted by Gasteiger charge is -2.13. The van der Waals surface area contributed by atoms with E-state index in [-0.39, 0.29) is 4.90 Å². The van der Waals surface area contributed by atoms with Gasteiger partial charge in [0.25, 0.3) is 15.9 Å². The first-order chi connectivity index (χ1) is 11.3. The van der Waals surface area contributed by atoms with Crippen molar-refractivity contribution in [1.82, 2.24) is 9.45 Å². The van der Waals surface area contributed by atoms with E-state index in [1.54, 1.807) is 25.1 Å². The largest absolute Gasteiger partial charge is 0.326 e. The normalized spacial score (nSPS) is 11.8. The molecule has 0 atom stereocenters. The van der Waals surface area contributed by atoms with Crippen LogP contribution in [-0.2, 0) is 21.4 Å². The molecule has 2 aromatic rings. The van der Waals surface area contributed by atoms with Gasteiger partial charge in [0.2, 0.25) is 0 Å². The lowest BCUT2D eigenvalue weighted by atomic mass is 10.0. The molecule has 1 aromatic carbocycles. The average molecular weight is 349 g/mol. The van der Waals surface area contributed by atoms with E-state index < -0.39 is 15.9 Å². The van der Waals surface area contributed by atoms with Crippen molar-refractivity contribution in [1.29, 1.82) is 0 Å². The summed E-state index contributed by atoms with van der Waals surface area (Å²) in [6.07, 6.45) is 5.28. The van der Waals surface area contributed by atoms with Gasteiger partial charge in [0.15, 0.2) is 0 Å². The number of hydrogen-bond acceptors (Lipinski definition) is 5. The molecule has 2 rings (SSSR count). The van der Waals surface area contributed by atoms with Gasteiger partial charge in [0.05, 0.1) is 4.90 Å². The number of benzene rings is 1. The van der Waals surface area contributed by atoms with Crippen LogP contribution in [0.25, 0.3) is 6.08 Å². The number of hydrogen-bond donors (Lipinski definition) is 3. The van der Waals surface area contributed by atoms with Crippen LogP contribution in [0.2, 0.25) is 0 Å². The first-order valence-electron chi connectivity index (χ1n) is 7.16. The molecule has 0 radical (unpaired) electrons. The summed E-state index contributed by atoms with van der Waals surface area (Å²) >= 11 is 0. The summed E-state index contributed by atoms with van der Waals surface area (Å²) in [4.78, 5) is 11.2. The van der Waals surface area contributed by atoms with Crippen LogP contribution in [0.1, 0.15) is 22.3 Å². The number of hydroxylamine groups is 1. The SMILES string of the molecule is Cc1c(CN)ccc(S(=O)(=O)n2ccc(C=CC(=O)NO)c2)c1C. The summed E-state index contributed by atoms with van der Waals surface area (Å²) in [5.74, 6) is -0.700. The number of rotatable bonds is 5. The van der Waals surface area contributed by atoms with E-state index in [2.05, 4.69) is 0 Å². The molecule has 0 spiro atoms. The van der Waals surface area contributed by atoms with Gasteiger partial charge in [-0.1, -0.05) is 6.07 Å². The van der Waals surface area contributed by atoms with E-state index in [1.165, 1.54) is 23.9 Å². The summed E-state index contributed by atoms with van der Waals surface area (Å²) < 4.78 is 26.7. The molecular formula is C16H19N3O4S. The van der Waals surface area contributed by atoms with E-state index in [1.807, 2.05) is 6.92 Å². The molecule has 4 N–H and O–H groups in total. The summed E-state index contributed by atoms with van der Waals surface area (Å²) in [7, 11) is -3.75. The summed E-state index contributed by atoms with van der Waals surface area (Å²) in [5.41, 5.74) is 10.0. The molecule has 1 aromatic heterocycles. The second-order valence-corrected chi connectivity index (χ2v) is 7.08. The van der Waals surface area contributed by atoms with E-state index in [0.717, 1.165) is 21.2 Å². The van der Waals surface area contributed by atoms with Gasteiger partial charge >= 0.3 is 0 Å². The quantitative estimate of drug-likeness (QED) is 0.428. The van der Waals surface area contributed by atoms with Crippen LogP contribution < -0.4 is 11.2 Å². The Morgan fingerprint density at radius 1 is 1.29 bits per heavy atom. The van der Waals surface area contributed by atoms with Crippen molar-refractivity contribution in [2.24, 2.45) is 5.73 Å². The molecular weight excluding hydrogens is 330 g/mol. The molecule has 8 heteroatoms. The van der Waals surface area contributed by atoms with Gasteiger partial charge in [0, 0.05) is 25.0 Å². The maximum absolute atomic E-state index is 12.8. The molecule has 0 saturated heterocycles. The fourth-order valence-corrected chi connectivity index (χ4v) is 3.80. The van der Waals surface area contributed by atoms with Gasteiger partial charge in [-0.3, -0.25) is 10.0 Å². The minimum absolute atomic E-state index is 0.205. The average Bonchev–Trinajstić information content (AvgIpc) is 3.04. The van der Waals surface area contributed by atoms with Crippen molar-refractivity contribution in [3.05, 3.63) is 58.9 Å². The minimum atomic E-state index is -3.75. The van der Waals surface area contributed by atoms with Crippen LogP contribution in [0.5, 0.6) is 0 Å². The Balaban J connectivity index is 2.42. The highest BCUT2D eigenvalue weighted by molar-refractivity contribution is 7.90. The number of aromatic nitrogens is 1. The fraction of sp³-hybridized carbons (Fsp3) is 0.188. The number of carbonyl (C=O) groups excluding carboxylic acids is 1. The topological polar surface area (TPSA) is 114 Å². The Bertz CT molecular complexity index is 898. The number of carbonyl (C=O) groups is 1. The van der Waals surface area contributed by atoms with E-state index in [0.29, 0.717) is 17.7 Å². The molecule has 1 amide bonds. The van der Waals surface area contributed by atoms with Crippen LogP contribution in [0, 0.1) is 13.8 Å². The van der Waals surface area contributed by atoms with Gasteiger partial charge in [0.1, 0.15) is 0 Å². The van der Waals surface area contributed by atoms with Gasteiger partial charge in [-0.05, 0) is 54.3 Å². The molecule has 24 heavy (non-hydrogen) atoms. The lowest BCUT2D eigenvalue weighted by Crippen LogP contribution is -2.15. The van der Waals surface area contributed by atoms with Crippen molar-refractivity contribution in [3.8, 4) is 0 Å². The second-order valence-electron chi connectivity index (χ2n) is 5.27. The predicted molar refractivity (Wildman–Crippen MR) is 89.8 cm³/mol. The van der Waals surface area contributed by atoms with E-state index in [4.69, 9.17) is 10.9 Å². The third-order valence-electron chi connectivity index (χ3n) is 3.85. The molecule has 128 valence electrons. The zero-order valence-electron chi connectivity index (χ0n) is 13.4. The van der Waals surface area contributed by atoms with Crippen LogP contribution in [0.3, 0.4) is 0 Å². The number of amides is 1. The molecule has 0 fully saturated rings. The van der Waals surface area contributed by atoms with Crippen molar-refractivity contribution in [2.75, 3.05) is 0 Å². The third kappa shape index (κ3) is 3.40. The zero-order chi connectivity index (χ0) is 17.9. The summed E-state index contributed by atoms with van der Waals surface area (Å²) in [5, 5.41) is 8.43. The maximum atomic E-state index is 12.8. The van der Waals surface area contributed by atoms with Gasteiger partial charge in [-0.2, -0.15) is 0 Å². The lowest BCUT2D eigenvalue weighted by molar-refractivity contribution is -0.124. The smallest absolute Gasteiger partial charge is 0.267 e.